The maximum absolute atomic E-state index is 13.2. The molecule has 2 nitrogen and oxygen atoms in total. The second-order valence-electron chi connectivity index (χ2n) is 4.12. The van der Waals surface area contributed by atoms with Crippen molar-refractivity contribution < 1.29 is 13.9 Å². The lowest BCUT2D eigenvalue weighted by Gasteiger charge is -2.00. The molecule has 0 aromatic heterocycles. The largest absolute Gasteiger partial charge is 0.422 e. The molecule has 2 aromatic rings. The van der Waals surface area contributed by atoms with Crippen molar-refractivity contribution in [1.82, 2.24) is 0 Å². The van der Waals surface area contributed by atoms with Crippen LogP contribution in [0.25, 0.3) is 11.8 Å². The fourth-order valence-corrected chi connectivity index (χ4v) is 2.34. The van der Waals surface area contributed by atoms with Crippen molar-refractivity contribution >= 4 is 33.7 Å². The molecule has 0 unspecified atom stereocenters. The van der Waals surface area contributed by atoms with E-state index in [-0.39, 0.29) is 11.8 Å². The minimum Gasteiger partial charge on any atom is -0.422 e. The highest BCUT2D eigenvalue weighted by atomic mass is 79.9. The second-order valence-corrected chi connectivity index (χ2v) is 4.97. The zero-order valence-electron chi connectivity index (χ0n) is 9.69. The van der Waals surface area contributed by atoms with Gasteiger partial charge in [-0.25, -0.2) is 9.18 Å². The fraction of sp³-hybridized carbons (Fsp3) is 0. The molecule has 2 aromatic carbocycles. The first-order valence-electron chi connectivity index (χ1n) is 5.63. The molecular formula is C15H8BrFO2. The van der Waals surface area contributed by atoms with Crippen molar-refractivity contribution in [2.75, 3.05) is 0 Å². The number of cyclic esters (lactones) is 1. The van der Waals surface area contributed by atoms with E-state index in [2.05, 4.69) is 15.9 Å². The third-order valence-corrected chi connectivity index (χ3v) is 3.46. The lowest BCUT2D eigenvalue weighted by Crippen LogP contribution is -1.92. The van der Waals surface area contributed by atoms with Crippen LogP contribution in [0.5, 0.6) is 0 Å². The zero-order chi connectivity index (χ0) is 13.4. The Hall–Kier alpha value is -1.94. The van der Waals surface area contributed by atoms with Gasteiger partial charge >= 0.3 is 5.97 Å². The number of benzene rings is 2. The molecule has 0 aliphatic carbocycles. The van der Waals surface area contributed by atoms with E-state index in [0.717, 1.165) is 11.1 Å². The Balaban J connectivity index is 2.06. The van der Waals surface area contributed by atoms with Crippen LogP contribution in [-0.2, 0) is 4.74 Å². The second kappa shape index (κ2) is 4.63. The number of hydrogen-bond acceptors (Lipinski definition) is 2. The van der Waals surface area contributed by atoms with E-state index >= 15 is 0 Å². The SMILES string of the molecule is O=C1OC(=Cc2ccc(F)c(Br)c2)c2ccccc21. The Morgan fingerprint density at radius 2 is 1.84 bits per heavy atom. The lowest BCUT2D eigenvalue weighted by atomic mass is 10.1. The van der Waals surface area contributed by atoms with Crippen molar-refractivity contribution in [3.8, 4) is 0 Å². The Labute approximate surface area is 117 Å². The predicted molar refractivity (Wildman–Crippen MR) is 73.8 cm³/mol. The summed E-state index contributed by atoms with van der Waals surface area (Å²) >= 11 is 3.13. The molecule has 0 radical (unpaired) electrons. The van der Waals surface area contributed by atoms with Crippen molar-refractivity contribution in [3.63, 3.8) is 0 Å². The zero-order valence-corrected chi connectivity index (χ0v) is 11.3. The summed E-state index contributed by atoms with van der Waals surface area (Å²) in [5.41, 5.74) is 2.07. The molecular weight excluding hydrogens is 311 g/mol. The molecule has 94 valence electrons. The number of ether oxygens (including phenoxy) is 1. The van der Waals surface area contributed by atoms with Crippen molar-refractivity contribution in [1.29, 1.82) is 0 Å². The van der Waals surface area contributed by atoms with Gasteiger partial charge in [-0.1, -0.05) is 24.3 Å². The number of rotatable bonds is 1. The summed E-state index contributed by atoms with van der Waals surface area (Å²) in [4.78, 5) is 11.7. The Morgan fingerprint density at radius 3 is 2.58 bits per heavy atom. The molecule has 19 heavy (non-hydrogen) atoms. The van der Waals surface area contributed by atoms with Crippen LogP contribution in [0, 0.1) is 5.82 Å². The predicted octanol–water partition coefficient (Wildman–Crippen LogP) is 4.26. The van der Waals surface area contributed by atoms with Crippen LogP contribution in [0.4, 0.5) is 4.39 Å². The average molecular weight is 319 g/mol. The number of carbonyl (C=O) groups is 1. The minimum absolute atomic E-state index is 0.328. The first-order chi connectivity index (χ1) is 9.15. The van der Waals surface area contributed by atoms with E-state index in [4.69, 9.17) is 4.74 Å². The molecule has 1 heterocycles. The van der Waals surface area contributed by atoms with E-state index in [1.54, 1.807) is 30.3 Å². The van der Waals surface area contributed by atoms with E-state index < -0.39 is 0 Å². The van der Waals surface area contributed by atoms with E-state index in [1.807, 2.05) is 12.1 Å². The third kappa shape index (κ3) is 2.19. The van der Waals surface area contributed by atoms with Gasteiger partial charge in [-0.15, -0.1) is 0 Å². The summed E-state index contributed by atoms with van der Waals surface area (Å²) in [7, 11) is 0. The highest BCUT2D eigenvalue weighted by molar-refractivity contribution is 9.10. The third-order valence-electron chi connectivity index (χ3n) is 2.86. The number of hydrogen-bond donors (Lipinski definition) is 0. The average Bonchev–Trinajstić information content (AvgIpc) is 2.72. The van der Waals surface area contributed by atoms with Gasteiger partial charge in [0.25, 0.3) is 0 Å². The Kier molecular flexibility index (Phi) is 2.95. The van der Waals surface area contributed by atoms with Gasteiger partial charge in [0.15, 0.2) is 0 Å². The van der Waals surface area contributed by atoms with Gasteiger partial charge in [0, 0.05) is 5.56 Å². The molecule has 0 atom stereocenters. The van der Waals surface area contributed by atoms with Crippen molar-refractivity contribution in [2.24, 2.45) is 0 Å². The highest BCUT2D eigenvalue weighted by Crippen LogP contribution is 2.31. The van der Waals surface area contributed by atoms with Crippen LogP contribution in [0.15, 0.2) is 46.9 Å². The van der Waals surface area contributed by atoms with E-state index in [9.17, 15) is 9.18 Å². The van der Waals surface area contributed by atoms with Crippen LogP contribution in [0.1, 0.15) is 21.5 Å². The van der Waals surface area contributed by atoms with Crippen LogP contribution in [0.2, 0.25) is 0 Å². The fourth-order valence-electron chi connectivity index (χ4n) is 1.95. The molecule has 0 bridgehead atoms. The Bertz CT molecular complexity index is 707. The highest BCUT2D eigenvalue weighted by Gasteiger charge is 2.25. The van der Waals surface area contributed by atoms with Gasteiger partial charge < -0.3 is 4.74 Å². The molecule has 0 saturated heterocycles. The normalized spacial score (nSPS) is 15.5. The maximum Gasteiger partial charge on any atom is 0.344 e. The van der Waals surface area contributed by atoms with Gasteiger partial charge in [-0.2, -0.15) is 0 Å². The lowest BCUT2D eigenvalue weighted by molar-refractivity contribution is 0.0717. The van der Waals surface area contributed by atoms with Crippen molar-refractivity contribution in [3.05, 3.63) is 69.4 Å². The summed E-state index contributed by atoms with van der Waals surface area (Å²) < 4.78 is 18.8. The summed E-state index contributed by atoms with van der Waals surface area (Å²) in [5.74, 6) is -0.201. The molecule has 1 aliphatic rings. The van der Waals surface area contributed by atoms with Crippen LogP contribution < -0.4 is 0 Å². The summed E-state index contributed by atoms with van der Waals surface area (Å²) in [6.45, 7) is 0. The molecule has 0 amide bonds. The van der Waals surface area contributed by atoms with Gasteiger partial charge in [-0.05, 0) is 45.8 Å². The minimum atomic E-state index is -0.358. The van der Waals surface area contributed by atoms with Crippen LogP contribution >= 0.6 is 15.9 Å². The molecule has 0 N–H and O–H groups in total. The van der Waals surface area contributed by atoms with E-state index in [0.29, 0.717) is 15.8 Å². The maximum atomic E-state index is 13.2. The molecule has 3 rings (SSSR count). The Morgan fingerprint density at radius 1 is 1.11 bits per heavy atom. The number of fused-ring (bicyclic) bond motifs is 1. The quantitative estimate of drug-likeness (QED) is 0.734. The number of halogens is 2. The smallest absolute Gasteiger partial charge is 0.344 e. The van der Waals surface area contributed by atoms with Gasteiger partial charge in [-0.3, -0.25) is 0 Å². The summed E-state index contributed by atoms with van der Waals surface area (Å²) in [6, 6.07) is 11.8. The monoisotopic (exact) mass is 318 g/mol. The van der Waals surface area contributed by atoms with Crippen molar-refractivity contribution in [2.45, 2.75) is 0 Å². The molecule has 0 saturated carbocycles. The molecule has 0 spiro atoms. The summed E-state index contributed by atoms with van der Waals surface area (Å²) in [5, 5.41) is 0. The van der Waals surface area contributed by atoms with Crippen LogP contribution in [0.3, 0.4) is 0 Å². The van der Waals surface area contributed by atoms with Gasteiger partial charge in [0.2, 0.25) is 0 Å². The van der Waals surface area contributed by atoms with Crippen LogP contribution in [-0.4, -0.2) is 5.97 Å². The first-order valence-corrected chi connectivity index (χ1v) is 6.43. The van der Waals surface area contributed by atoms with Gasteiger partial charge in [0.05, 0.1) is 10.0 Å². The number of esters is 1. The molecule has 4 heteroatoms. The topological polar surface area (TPSA) is 26.3 Å². The number of carbonyl (C=O) groups excluding carboxylic acids is 1. The first kappa shape index (κ1) is 12.1. The molecule has 1 aliphatic heterocycles. The van der Waals surface area contributed by atoms with Gasteiger partial charge in [0.1, 0.15) is 11.6 Å². The standard InChI is InChI=1S/C15H8BrFO2/c16-12-7-9(5-6-13(12)17)8-14-10-3-1-2-4-11(10)15(18)19-14/h1-8H. The summed E-state index contributed by atoms with van der Waals surface area (Å²) in [6.07, 6.45) is 1.72. The molecule has 0 fully saturated rings. The van der Waals surface area contributed by atoms with E-state index in [1.165, 1.54) is 6.07 Å².